The molecule has 0 amide bonds. The van der Waals surface area contributed by atoms with E-state index in [2.05, 4.69) is 25.9 Å². The van der Waals surface area contributed by atoms with Crippen LogP contribution in [0, 0.1) is 0 Å². The predicted molar refractivity (Wildman–Crippen MR) is 64.5 cm³/mol. The molecule has 0 aliphatic carbocycles. The summed E-state index contributed by atoms with van der Waals surface area (Å²) in [6.45, 7) is 0.426. The third-order valence-electron chi connectivity index (χ3n) is 2.00. The topological polar surface area (TPSA) is 47.8 Å². The van der Waals surface area contributed by atoms with Crippen LogP contribution in [0.3, 0.4) is 0 Å². The Kier molecular flexibility index (Phi) is 3.36. The maximum absolute atomic E-state index is 11.7. The van der Waals surface area contributed by atoms with E-state index < -0.39 is 0 Å². The molecule has 0 aliphatic rings. The summed E-state index contributed by atoms with van der Waals surface area (Å²) in [6, 6.07) is 3.51. The van der Waals surface area contributed by atoms with Gasteiger partial charge in [-0.3, -0.25) is 9.36 Å². The van der Waals surface area contributed by atoms with Gasteiger partial charge in [-0.2, -0.15) is 0 Å². The lowest BCUT2D eigenvalue weighted by Gasteiger charge is -2.04. The minimum atomic E-state index is -0.120. The van der Waals surface area contributed by atoms with E-state index in [0.29, 0.717) is 16.2 Å². The first-order valence-corrected chi connectivity index (χ1v) is 5.64. The molecule has 0 aliphatic heterocycles. The smallest absolute Gasteiger partial charge is 0.267 e. The third-order valence-corrected chi connectivity index (χ3v) is 2.77. The van der Waals surface area contributed by atoms with E-state index in [9.17, 15) is 4.79 Å². The van der Waals surface area contributed by atoms with E-state index in [4.69, 9.17) is 11.6 Å². The van der Waals surface area contributed by atoms with Gasteiger partial charge in [0.2, 0.25) is 0 Å². The lowest BCUT2D eigenvalue weighted by atomic mass is 10.3. The molecule has 2 aromatic heterocycles. The van der Waals surface area contributed by atoms with Crippen molar-refractivity contribution < 1.29 is 0 Å². The number of aromatic nitrogens is 3. The molecule has 0 saturated heterocycles. The number of nitrogens with zero attached hydrogens (tertiary/aromatic N) is 3. The van der Waals surface area contributed by atoms with Gasteiger partial charge in [-0.05, 0) is 27.6 Å². The zero-order valence-electron chi connectivity index (χ0n) is 8.10. The molecule has 82 valence electrons. The van der Waals surface area contributed by atoms with Crippen molar-refractivity contribution in [3.8, 4) is 0 Å². The van der Waals surface area contributed by atoms with Crippen LogP contribution in [-0.4, -0.2) is 14.5 Å². The molecule has 0 unspecified atom stereocenters. The Labute approximate surface area is 105 Å². The molecule has 0 spiro atoms. The maximum atomic E-state index is 11.7. The van der Waals surface area contributed by atoms with Crippen LogP contribution in [0.15, 0.2) is 40.1 Å². The normalized spacial score (nSPS) is 10.4. The van der Waals surface area contributed by atoms with E-state index in [1.165, 1.54) is 17.1 Å². The Hall–Kier alpha value is -1.20. The fraction of sp³-hybridized carbons (Fsp3) is 0.100. The Balaban J connectivity index is 2.31. The van der Waals surface area contributed by atoms with Gasteiger partial charge in [0.05, 0.1) is 12.9 Å². The summed E-state index contributed by atoms with van der Waals surface area (Å²) in [6.07, 6.45) is 4.59. The number of rotatable bonds is 2. The number of hydrogen-bond acceptors (Lipinski definition) is 3. The van der Waals surface area contributed by atoms with Crippen molar-refractivity contribution in [2.24, 2.45) is 0 Å². The summed E-state index contributed by atoms with van der Waals surface area (Å²) in [5, 5.41) is 0.434. The molecule has 0 fully saturated rings. The Bertz CT molecular complexity index is 553. The van der Waals surface area contributed by atoms with Crippen LogP contribution in [0.4, 0.5) is 0 Å². The average Bonchev–Trinajstić information content (AvgIpc) is 2.28. The van der Waals surface area contributed by atoms with Gasteiger partial charge in [0.25, 0.3) is 5.56 Å². The highest BCUT2D eigenvalue weighted by Crippen LogP contribution is 2.06. The van der Waals surface area contributed by atoms with Crippen molar-refractivity contribution in [3.63, 3.8) is 0 Å². The quantitative estimate of drug-likeness (QED) is 0.798. The van der Waals surface area contributed by atoms with E-state index >= 15 is 0 Å². The molecule has 16 heavy (non-hydrogen) atoms. The highest BCUT2D eigenvalue weighted by atomic mass is 79.9. The average molecular weight is 301 g/mol. The molecule has 4 nitrogen and oxygen atoms in total. The second-order valence-corrected chi connectivity index (χ2v) is 4.41. The molecular weight excluding hydrogens is 293 g/mol. The van der Waals surface area contributed by atoms with Crippen LogP contribution in [0.2, 0.25) is 5.15 Å². The molecule has 2 heterocycles. The predicted octanol–water partition coefficient (Wildman–Crippen LogP) is 2.10. The van der Waals surface area contributed by atoms with E-state index in [1.807, 2.05) is 6.07 Å². The molecule has 0 radical (unpaired) electrons. The van der Waals surface area contributed by atoms with Gasteiger partial charge in [0.1, 0.15) is 9.63 Å². The van der Waals surface area contributed by atoms with Gasteiger partial charge >= 0.3 is 0 Å². The fourth-order valence-electron chi connectivity index (χ4n) is 1.23. The van der Waals surface area contributed by atoms with E-state index in [-0.39, 0.29) is 5.56 Å². The molecule has 0 aromatic carbocycles. The van der Waals surface area contributed by atoms with Gasteiger partial charge in [-0.15, -0.1) is 0 Å². The first-order valence-electron chi connectivity index (χ1n) is 4.47. The number of halogens is 2. The lowest BCUT2D eigenvalue weighted by molar-refractivity contribution is 0.728. The SMILES string of the molecule is O=c1c(Br)cncn1Cc1ccc(Cl)nc1. The van der Waals surface area contributed by atoms with Crippen molar-refractivity contribution >= 4 is 27.5 Å². The summed E-state index contributed by atoms with van der Waals surface area (Å²) >= 11 is 8.81. The lowest BCUT2D eigenvalue weighted by Crippen LogP contribution is -2.21. The van der Waals surface area contributed by atoms with Gasteiger partial charge in [0, 0.05) is 12.4 Å². The molecule has 6 heteroatoms. The van der Waals surface area contributed by atoms with Crippen LogP contribution in [0.1, 0.15) is 5.56 Å². The molecule has 2 aromatic rings. The van der Waals surface area contributed by atoms with Crippen molar-refractivity contribution in [2.75, 3.05) is 0 Å². The van der Waals surface area contributed by atoms with Crippen LogP contribution in [0.25, 0.3) is 0 Å². The Morgan fingerprint density at radius 2 is 2.19 bits per heavy atom. The molecule has 0 N–H and O–H groups in total. The number of pyridine rings is 1. The molecule has 0 saturated carbocycles. The first-order chi connectivity index (χ1) is 7.66. The highest BCUT2D eigenvalue weighted by Gasteiger charge is 2.02. The van der Waals surface area contributed by atoms with Gasteiger partial charge in [-0.25, -0.2) is 9.97 Å². The summed E-state index contributed by atoms with van der Waals surface area (Å²) in [7, 11) is 0. The van der Waals surface area contributed by atoms with Gasteiger partial charge < -0.3 is 0 Å². The molecule has 0 atom stereocenters. The molecule has 0 bridgehead atoms. The second kappa shape index (κ2) is 4.76. The standard InChI is InChI=1S/C10H7BrClN3O/c11-8-4-13-6-15(10(8)16)5-7-1-2-9(12)14-3-7/h1-4,6H,5H2. The van der Waals surface area contributed by atoms with Crippen LogP contribution in [-0.2, 0) is 6.54 Å². The van der Waals surface area contributed by atoms with Gasteiger partial charge in [-0.1, -0.05) is 17.7 Å². The summed E-state index contributed by atoms with van der Waals surface area (Å²) in [5.74, 6) is 0. The minimum absolute atomic E-state index is 0.120. The maximum Gasteiger partial charge on any atom is 0.267 e. The van der Waals surface area contributed by atoms with Crippen molar-refractivity contribution in [2.45, 2.75) is 6.54 Å². The third kappa shape index (κ3) is 2.48. The molecule has 2 rings (SSSR count). The number of hydrogen-bond donors (Lipinski definition) is 0. The summed E-state index contributed by atoms with van der Waals surface area (Å²) in [4.78, 5) is 19.5. The summed E-state index contributed by atoms with van der Waals surface area (Å²) < 4.78 is 1.94. The van der Waals surface area contributed by atoms with Crippen LogP contribution in [0.5, 0.6) is 0 Å². The minimum Gasteiger partial charge on any atom is -0.294 e. The molecular formula is C10H7BrClN3O. The Morgan fingerprint density at radius 1 is 1.38 bits per heavy atom. The highest BCUT2D eigenvalue weighted by molar-refractivity contribution is 9.10. The Morgan fingerprint density at radius 3 is 2.88 bits per heavy atom. The van der Waals surface area contributed by atoms with Crippen LogP contribution >= 0.6 is 27.5 Å². The van der Waals surface area contributed by atoms with Crippen molar-refractivity contribution in [3.05, 3.63) is 56.4 Å². The van der Waals surface area contributed by atoms with E-state index in [1.54, 1.807) is 12.3 Å². The largest absolute Gasteiger partial charge is 0.294 e. The van der Waals surface area contributed by atoms with Gasteiger partial charge in [0.15, 0.2) is 0 Å². The van der Waals surface area contributed by atoms with Crippen molar-refractivity contribution in [1.82, 2.24) is 14.5 Å². The monoisotopic (exact) mass is 299 g/mol. The van der Waals surface area contributed by atoms with Crippen molar-refractivity contribution in [1.29, 1.82) is 0 Å². The first kappa shape index (κ1) is 11.3. The zero-order chi connectivity index (χ0) is 11.5. The second-order valence-electron chi connectivity index (χ2n) is 3.16. The van der Waals surface area contributed by atoms with E-state index in [0.717, 1.165) is 5.56 Å². The van der Waals surface area contributed by atoms with Crippen LogP contribution < -0.4 is 5.56 Å². The summed E-state index contributed by atoms with van der Waals surface area (Å²) in [5.41, 5.74) is 0.774. The zero-order valence-corrected chi connectivity index (χ0v) is 10.4. The fourth-order valence-corrected chi connectivity index (χ4v) is 1.69.